The highest BCUT2D eigenvalue weighted by Crippen LogP contribution is 2.69. The summed E-state index contributed by atoms with van der Waals surface area (Å²) in [4.78, 5) is 89.4. The number of nitrogens with zero attached hydrogens (tertiary/aromatic N) is 1. The van der Waals surface area contributed by atoms with Crippen molar-refractivity contribution >= 4 is 35.8 Å². The largest absolute Gasteiger partial charge is 0.457 e. The molecule has 3 aliphatic heterocycles. The first-order valence-corrected chi connectivity index (χ1v) is 24.0. The fraction of sp³-hybridized carbons (Fsp3) is 0.708. The maximum Gasteiger partial charge on any atom is 0.417 e. The number of fused-ring (bicyclic) bond motifs is 6. The molecular weight excluding hydrogens is 871 g/mol. The van der Waals surface area contributed by atoms with Crippen molar-refractivity contribution in [1.29, 1.82) is 0 Å². The lowest BCUT2D eigenvalue weighted by molar-refractivity contribution is -1.00. The number of quaternary nitrogens is 3. The SMILES string of the molecule is CO[C@H]1C[C@@]2(C)C=CC3C([C@@H]4[C@H](OC(=O)C(=O)OCC[NH+]5CCN(C)CC5)[C@@H](C)[C@@H](OC(=O)c5ccc[nH]5)[C@@H]34)[C@]2(O)/C(C)=C/[C@@H](C)[C@@H]([C@@H](C)OC(=O)C(=O)OCC[NH+]2CC[NH+](C)CC2)OC1=O. The van der Waals surface area contributed by atoms with E-state index < -0.39 is 113 Å². The fourth-order valence-electron chi connectivity index (χ4n) is 11.9. The first-order chi connectivity index (χ1) is 31.9. The average Bonchev–Trinajstić information content (AvgIpc) is 3.91. The Morgan fingerprint density at radius 2 is 1.55 bits per heavy atom. The number of piperazine rings is 2. The Bertz CT molecular complexity index is 2030. The molecule has 2 unspecified atom stereocenters. The summed E-state index contributed by atoms with van der Waals surface area (Å²) >= 11 is 0. The minimum Gasteiger partial charge on any atom is -0.457 e. The Morgan fingerprint density at radius 3 is 2.18 bits per heavy atom. The predicted molar refractivity (Wildman–Crippen MR) is 236 cm³/mol. The van der Waals surface area contributed by atoms with E-state index in [1.807, 2.05) is 19.1 Å². The van der Waals surface area contributed by atoms with Gasteiger partial charge in [0.05, 0.1) is 25.7 Å². The molecule has 0 radical (unpaired) electrons. The number of aliphatic hydroxyl groups is 1. The minimum atomic E-state index is -1.74. The number of cyclic esters (lactones) is 1. The molecule has 3 aliphatic carbocycles. The number of aromatic nitrogens is 1. The second-order valence-electron chi connectivity index (χ2n) is 20.2. The Kier molecular flexibility index (Phi) is 15.7. The van der Waals surface area contributed by atoms with Gasteiger partial charge in [0.1, 0.15) is 82.6 Å². The zero-order valence-corrected chi connectivity index (χ0v) is 40.2. The van der Waals surface area contributed by atoms with E-state index in [0.29, 0.717) is 18.7 Å². The number of aromatic amines is 1. The lowest BCUT2D eigenvalue weighted by atomic mass is 9.42. The molecule has 0 amide bonds. The van der Waals surface area contributed by atoms with E-state index in [1.165, 1.54) is 28.7 Å². The first-order valence-electron chi connectivity index (χ1n) is 24.0. The van der Waals surface area contributed by atoms with Gasteiger partial charge < -0.3 is 57.9 Å². The van der Waals surface area contributed by atoms with Gasteiger partial charge in [0.2, 0.25) is 0 Å². The monoisotopic (exact) mass is 943 g/mol. The summed E-state index contributed by atoms with van der Waals surface area (Å²) in [5.74, 6) is -9.46. The lowest BCUT2D eigenvalue weighted by Crippen LogP contribution is -3.27. The normalized spacial score (nSPS) is 37.7. The van der Waals surface area contributed by atoms with E-state index in [1.54, 1.807) is 45.2 Å². The maximum absolute atomic E-state index is 14.0. The summed E-state index contributed by atoms with van der Waals surface area (Å²) in [6.45, 7) is 17.4. The van der Waals surface area contributed by atoms with Crippen LogP contribution in [-0.4, -0.2) is 187 Å². The highest BCUT2D eigenvalue weighted by atomic mass is 16.6. The predicted octanol–water partition coefficient (Wildman–Crippen LogP) is -2.94. The summed E-state index contributed by atoms with van der Waals surface area (Å²) in [7, 11) is 5.56. The summed E-state index contributed by atoms with van der Waals surface area (Å²) in [5, 5.41) is 13.6. The van der Waals surface area contributed by atoms with Crippen molar-refractivity contribution in [1.82, 2.24) is 9.88 Å². The summed E-state index contributed by atoms with van der Waals surface area (Å²) in [5.41, 5.74) is -2.18. The Labute approximate surface area is 392 Å². The fourth-order valence-corrected chi connectivity index (χ4v) is 11.9. The van der Waals surface area contributed by atoms with E-state index in [0.717, 1.165) is 52.4 Å². The van der Waals surface area contributed by atoms with Crippen LogP contribution in [0.1, 0.15) is 51.5 Å². The molecule has 0 bridgehead atoms. The van der Waals surface area contributed by atoms with E-state index >= 15 is 0 Å². The van der Waals surface area contributed by atoms with Crippen LogP contribution in [0.4, 0.5) is 0 Å². The molecule has 0 spiro atoms. The molecule has 0 aromatic carbocycles. The quantitative estimate of drug-likeness (QED) is 0.0613. The smallest absolute Gasteiger partial charge is 0.417 e. The molecule has 67 heavy (non-hydrogen) atoms. The van der Waals surface area contributed by atoms with Gasteiger partial charge in [-0.05, 0) is 50.9 Å². The minimum absolute atomic E-state index is 0.0376. The van der Waals surface area contributed by atoms with Crippen molar-refractivity contribution in [3.05, 3.63) is 47.8 Å². The number of esters is 6. The Balaban J connectivity index is 1.13. The van der Waals surface area contributed by atoms with E-state index in [-0.39, 0.29) is 25.3 Å². The average molecular weight is 943 g/mol. The molecule has 7 rings (SSSR count). The number of rotatable bonds is 12. The third-order valence-corrected chi connectivity index (χ3v) is 15.9. The highest BCUT2D eigenvalue weighted by Gasteiger charge is 2.74. The number of hydrogen-bond donors (Lipinski definition) is 5. The van der Waals surface area contributed by atoms with Gasteiger partial charge in [0.15, 0.2) is 6.10 Å². The van der Waals surface area contributed by atoms with Crippen LogP contribution in [0.15, 0.2) is 42.1 Å². The molecule has 19 nitrogen and oxygen atoms in total. The first kappa shape index (κ1) is 50.2. The number of methoxy groups -OCH3 is 1. The van der Waals surface area contributed by atoms with Crippen molar-refractivity contribution in [3.63, 3.8) is 0 Å². The van der Waals surface area contributed by atoms with Gasteiger partial charge in [-0.15, -0.1) is 0 Å². The number of likely N-dealkylation sites (N-methyl/N-ethyl adjacent to an activating group) is 2. The second-order valence-corrected chi connectivity index (χ2v) is 20.2. The number of carbonyl (C=O) groups is 6. The second kappa shape index (κ2) is 20.9. The molecule has 19 heteroatoms. The van der Waals surface area contributed by atoms with Crippen molar-refractivity contribution in [3.8, 4) is 0 Å². The van der Waals surface area contributed by atoms with Crippen LogP contribution in [-0.2, 0) is 57.1 Å². The van der Waals surface area contributed by atoms with Gasteiger partial charge in [-0.2, -0.15) is 0 Å². The zero-order chi connectivity index (χ0) is 48.4. The van der Waals surface area contributed by atoms with E-state index in [2.05, 4.69) is 24.0 Å². The van der Waals surface area contributed by atoms with Crippen LogP contribution < -0.4 is 14.7 Å². The van der Waals surface area contributed by atoms with Gasteiger partial charge in [0.25, 0.3) is 0 Å². The molecule has 4 heterocycles. The standard InChI is InChI=1S/C48H69N5O14/c1-28-26-29(2)48(60)37-32(11-12-47(48,5)27-34(61-8)42(55)65-38(28)31(4)64-45(58)43(56)62-24-22-52-18-14-50(6)15-19-52)35-36(37)40(30(3)39(35)66-41(54)33-10-9-13-49-33)67-46(59)44(57)63-25-23-53-20-16-51(7)17-21-53/h9-13,26,28,30-32,34-40,49,60H,14-25,27H2,1-8H3/p+3/b29-26+/t28-,30+,31-,32?,34+,35+,36-,37?,38+,39-,40-,47-,48-/m1/s1. The molecule has 13 atom stereocenters. The summed E-state index contributed by atoms with van der Waals surface area (Å²) < 4.78 is 40.4. The van der Waals surface area contributed by atoms with Gasteiger partial charge in [-0.3, -0.25) is 4.90 Å². The number of carbonyl (C=O) groups excluding carboxylic acids is 6. The number of hydrogen-bond acceptors (Lipinski definition) is 15. The van der Waals surface area contributed by atoms with Crippen molar-refractivity contribution in [2.75, 3.05) is 99.9 Å². The number of allylic oxidation sites excluding steroid dienone is 1. The molecule has 370 valence electrons. The third-order valence-electron chi connectivity index (χ3n) is 15.9. The maximum atomic E-state index is 14.0. The van der Waals surface area contributed by atoms with Gasteiger partial charge in [-0.1, -0.05) is 39.0 Å². The number of ether oxygens (including phenoxy) is 7. The number of nitrogens with one attached hydrogen (secondary N) is 4. The molecule has 2 saturated carbocycles. The Hall–Kier alpha value is -4.66. The molecule has 2 saturated heterocycles. The highest BCUT2D eigenvalue weighted by molar-refractivity contribution is 6.30. The van der Waals surface area contributed by atoms with E-state index in [9.17, 15) is 33.9 Å². The molecule has 5 N–H and O–H groups in total. The summed E-state index contributed by atoms with van der Waals surface area (Å²) in [6.07, 6.45) is 1.97. The van der Waals surface area contributed by atoms with Gasteiger partial charge >= 0.3 is 35.8 Å². The lowest BCUT2D eigenvalue weighted by Gasteiger charge is -2.64. The van der Waals surface area contributed by atoms with Gasteiger partial charge in [0, 0.05) is 61.4 Å². The van der Waals surface area contributed by atoms with Crippen LogP contribution >= 0.6 is 0 Å². The van der Waals surface area contributed by atoms with Crippen LogP contribution in [0.2, 0.25) is 0 Å². The third kappa shape index (κ3) is 10.4. The van der Waals surface area contributed by atoms with Crippen molar-refractivity contribution < 1.29 is 81.7 Å². The van der Waals surface area contributed by atoms with Crippen LogP contribution in [0.3, 0.4) is 0 Å². The Morgan fingerprint density at radius 1 is 0.925 bits per heavy atom. The topological polar surface area (TPSA) is 220 Å². The van der Waals surface area contributed by atoms with Crippen molar-refractivity contribution in [2.24, 2.45) is 40.9 Å². The van der Waals surface area contributed by atoms with Gasteiger partial charge in [-0.25, -0.2) is 28.8 Å². The molecule has 1 aromatic heterocycles. The van der Waals surface area contributed by atoms with Crippen LogP contribution in [0.25, 0.3) is 0 Å². The molecular formula is C48H72N5O14+3. The van der Waals surface area contributed by atoms with Crippen molar-refractivity contribution in [2.45, 2.75) is 77.2 Å². The van der Waals surface area contributed by atoms with Crippen LogP contribution in [0, 0.1) is 40.9 Å². The molecule has 4 fully saturated rings. The van der Waals surface area contributed by atoms with Crippen LogP contribution in [0.5, 0.6) is 0 Å². The molecule has 1 aromatic rings. The zero-order valence-electron chi connectivity index (χ0n) is 40.2. The van der Waals surface area contributed by atoms with E-state index in [4.69, 9.17) is 33.2 Å². The molecule has 6 aliphatic rings. The summed E-state index contributed by atoms with van der Waals surface area (Å²) in [6, 6.07) is 3.28. The number of H-pyrrole nitrogens is 1.